The van der Waals surface area contributed by atoms with Gasteiger partial charge in [0.25, 0.3) is 15.7 Å². The molecule has 2 rings (SSSR count). The van der Waals surface area contributed by atoms with E-state index in [1.54, 1.807) is 6.07 Å². The van der Waals surface area contributed by atoms with E-state index in [1.165, 1.54) is 42.5 Å². The van der Waals surface area contributed by atoms with Crippen molar-refractivity contribution in [2.75, 3.05) is 10.5 Å². The van der Waals surface area contributed by atoms with Crippen molar-refractivity contribution in [3.05, 3.63) is 58.6 Å². The molecule has 3 N–H and O–H groups in total. The molecular weight excluding hydrogens is 282 g/mol. The number of non-ortho nitro benzene ring substituents is 1. The fraction of sp³-hybridized carbons (Fsp3) is 0. The zero-order valence-corrected chi connectivity index (χ0v) is 11.0. The van der Waals surface area contributed by atoms with Crippen molar-refractivity contribution in [1.82, 2.24) is 0 Å². The van der Waals surface area contributed by atoms with Crippen LogP contribution in [0.2, 0.25) is 0 Å². The standard InChI is InChI=1S/C12H11N3O4S/c13-9-2-1-3-12(8-9)20(18,19)14-10-4-6-11(7-5-10)15(16)17/h1-8,14H,13H2. The van der Waals surface area contributed by atoms with Gasteiger partial charge < -0.3 is 5.73 Å². The highest BCUT2D eigenvalue weighted by atomic mass is 32.2. The van der Waals surface area contributed by atoms with Gasteiger partial charge in [0.1, 0.15) is 0 Å². The number of nitrogens with zero attached hydrogens (tertiary/aromatic N) is 1. The van der Waals surface area contributed by atoms with Gasteiger partial charge in [-0.25, -0.2) is 8.42 Å². The quantitative estimate of drug-likeness (QED) is 0.508. The van der Waals surface area contributed by atoms with Crippen molar-refractivity contribution in [2.24, 2.45) is 0 Å². The molecule has 104 valence electrons. The molecule has 0 aliphatic carbocycles. The second kappa shape index (κ2) is 5.17. The molecule has 2 aromatic carbocycles. The number of benzene rings is 2. The number of hydrogen-bond donors (Lipinski definition) is 2. The minimum absolute atomic E-state index is 0.0239. The number of rotatable bonds is 4. The van der Waals surface area contributed by atoms with Crippen molar-refractivity contribution in [2.45, 2.75) is 4.90 Å². The first-order chi connectivity index (χ1) is 9.38. The van der Waals surface area contributed by atoms with Crippen LogP contribution in [0.3, 0.4) is 0 Å². The summed E-state index contributed by atoms with van der Waals surface area (Å²) in [6.07, 6.45) is 0. The van der Waals surface area contributed by atoms with Crippen LogP contribution in [0.1, 0.15) is 0 Å². The number of hydrogen-bond acceptors (Lipinski definition) is 5. The largest absolute Gasteiger partial charge is 0.399 e. The Morgan fingerprint density at radius 2 is 1.75 bits per heavy atom. The van der Waals surface area contributed by atoms with Gasteiger partial charge in [0.15, 0.2) is 0 Å². The van der Waals surface area contributed by atoms with Crippen LogP contribution in [0.15, 0.2) is 53.4 Å². The topological polar surface area (TPSA) is 115 Å². The Balaban J connectivity index is 2.26. The van der Waals surface area contributed by atoms with E-state index in [0.29, 0.717) is 5.69 Å². The highest BCUT2D eigenvalue weighted by molar-refractivity contribution is 7.92. The number of nitrogens with two attached hydrogens (primary N) is 1. The van der Waals surface area contributed by atoms with E-state index in [9.17, 15) is 18.5 Å². The van der Waals surface area contributed by atoms with E-state index >= 15 is 0 Å². The fourth-order valence-corrected chi connectivity index (χ4v) is 2.66. The molecule has 8 heteroatoms. The van der Waals surface area contributed by atoms with Gasteiger partial charge in [-0.15, -0.1) is 0 Å². The van der Waals surface area contributed by atoms with Crippen molar-refractivity contribution in [3.63, 3.8) is 0 Å². The Labute approximate surface area is 115 Å². The molecule has 0 atom stereocenters. The molecule has 0 fully saturated rings. The van der Waals surface area contributed by atoms with E-state index < -0.39 is 14.9 Å². The average molecular weight is 293 g/mol. The lowest BCUT2D eigenvalue weighted by molar-refractivity contribution is -0.384. The van der Waals surface area contributed by atoms with Gasteiger partial charge in [-0.1, -0.05) is 6.07 Å². The normalized spacial score (nSPS) is 11.0. The first-order valence-corrected chi connectivity index (χ1v) is 6.99. The van der Waals surface area contributed by atoms with Crippen LogP contribution < -0.4 is 10.5 Å². The van der Waals surface area contributed by atoms with E-state index in [0.717, 1.165) is 0 Å². The van der Waals surface area contributed by atoms with E-state index in [1.807, 2.05) is 0 Å². The highest BCUT2D eigenvalue weighted by Gasteiger charge is 2.15. The number of anilines is 2. The third kappa shape index (κ3) is 3.04. The van der Waals surface area contributed by atoms with Gasteiger partial charge in [-0.3, -0.25) is 14.8 Å². The van der Waals surface area contributed by atoms with Crippen LogP contribution in [0.25, 0.3) is 0 Å². The molecule has 0 radical (unpaired) electrons. The maximum Gasteiger partial charge on any atom is 0.269 e. The van der Waals surface area contributed by atoms with E-state index in [-0.39, 0.29) is 16.3 Å². The minimum atomic E-state index is -3.77. The van der Waals surface area contributed by atoms with Crippen LogP contribution in [0, 0.1) is 10.1 Å². The van der Waals surface area contributed by atoms with Gasteiger partial charge in [0.2, 0.25) is 0 Å². The molecule has 0 spiro atoms. The molecular formula is C12H11N3O4S. The molecule has 20 heavy (non-hydrogen) atoms. The summed E-state index contributed by atoms with van der Waals surface area (Å²) in [5.74, 6) is 0. The summed E-state index contributed by atoms with van der Waals surface area (Å²) in [7, 11) is -3.77. The first-order valence-electron chi connectivity index (χ1n) is 5.51. The van der Waals surface area contributed by atoms with Gasteiger partial charge in [-0.2, -0.15) is 0 Å². The second-order valence-corrected chi connectivity index (χ2v) is 5.66. The smallest absolute Gasteiger partial charge is 0.269 e. The molecule has 7 nitrogen and oxygen atoms in total. The highest BCUT2D eigenvalue weighted by Crippen LogP contribution is 2.20. The monoisotopic (exact) mass is 293 g/mol. The predicted molar refractivity (Wildman–Crippen MR) is 74.8 cm³/mol. The molecule has 0 aromatic heterocycles. The molecule has 0 aliphatic rings. The zero-order valence-electron chi connectivity index (χ0n) is 10.2. The Morgan fingerprint density at radius 1 is 1.10 bits per heavy atom. The summed E-state index contributed by atoms with van der Waals surface area (Å²) in [4.78, 5) is 9.97. The zero-order chi connectivity index (χ0) is 14.8. The Hall–Kier alpha value is -2.61. The summed E-state index contributed by atoms with van der Waals surface area (Å²) >= 11 is 0. The van der Waals surface area contributed by atoms with Gasteiger partial charge >= 0.3 is 0 Å². The molecule has 0 heterocycles. The third-order valence-electron chi connectivity index (χ3n) is 2.50. The fourth-order valence-electron chi connectivity index (χ4n) is 1.55. The minimum Gasteiger partial charge on any atom is -0.399 e. The molecule has 0 aliphatic heterocycles. The molecule has 0 saturated heterocycles. The predicted octanol–water partition coefficient (Wildman–Crippen LogP) is 1.98. The van der Waals surface area contributed by atoms with Crippen molar-refractivity contribution >= 4 is 27.1 Å². The van der Waals surface area contributed by atoms with Crippen LogP contribution in [-0.4, -0.2) is 13.3 Å². The lowest BCUT2D eigenvalue weighted by atomic mass is 10.3. The van der Waals surface area contributed by atoms with Crippen LogP contribution in [0.5, 0.6) is 0 Å². The summed E-state index contributed by atoms with van der Waals surface area (Å²) in [6.45, 7) is 0. The summed E-state index contributed by atoms with van der Waals surface area (Å²) in [6, 6.07) is 10.9. The van der Waals surface area contributed by atoms with E-state index in [2.05, 4.69) is 4.72 Å². The number of nitrogen functional groups attached to an aromatic ring is 1. The van der Waals surface area contributed by atoms with Crippen LogP contribution in [-0.2, 0) is 10.0 Å². The summed E-state index contributed by atoms with van der Waals surface area (Å²) in [5.41, 5.74) is 5.99. The van der Waals surface area contributed by atoms with Crippen LogP contribution >= 0.6 is 0 Å². The average Bonchev–Trinajstić information content (AvgIpc) is 2.39. The first kappa shape index (κ1) is 13.8. The SMILES string of the molecule is Nc1cccc(S(=O)(=O)Nc2ccc([N+](=O)[O-])cc2)c1. The van der Waals surface area contributed by atoms with Gasteiger partial charge in [0.05, 0.1) is 9.82 Å². The Kier molecular flexibility index (Phi) is 3.57. The molecule has 2 aromatic rings. The molecule has 0 bridgehead atoms. The lowest BCUT2D eigenvalue weighted by Gasteiger charge is -2.08. The summed E-state index contributed by atoms with van der Waals surface area (Å²) < 4.78 is 26.5. The van der Waals surface area contributed by atoms with Crippen molar-refractivity contribution in [3.8, 4) is 0 Å². The number of nitro groups is 1. The van der Waals surface area contributed by atoms with Gasteiger partial charge in [0, 0.05) is 23.5 Å². The third-order valence-corrected chi connectivity index (χ3v) is 3.88. The van der Waals surface area contributed by atoms with E-state index in [4.69, 9.17) is 5.73 Å². The Morgan fingerprint density at radius 3 is 2.30 bits per heavy atom. The van der Waals surface area contributed by atoms with Crippen molar-refractivity contribution < 1.29 is 13.3 Å². The molecule has 0 unspecified atom stereocenters. The Bertz CT molecular complexity index is 742. The number of nitrogens with one attached hydrogen (secondary N) is 1. The maximum absolute atomic E-state index is 12.1. The van der Waals surface area contributed by atoms with Gasteiger partial charge in [-0.05, 0) is 30.3 Å². The number of nitro benzene ring substituents is 1. The van der Waals surface area contributed by atoms with Crippen LogP contribution in [0.4, 0.5) is 17.1 Å². The van der Waals surface area contributed by atoms with Crippen molar-refractivity contribution in [1.29, 1.82) is 0 Å². The lowest BCUT2D eigenvalue weighted by Crippen LogP contribution is -2.13. The molecule has 0 saturated carbocycles. The summed E-state index contributed by atoms with van der Waals surface area (Å²) in [5, 5.41) is 10.5. The molecule has 0 amide bonds. The number of sulfonamides is 1. The maximum atomic E-state index is 12.1. The second-order valence-electron chi connectivity index (χ2n) is 3.98.